The molecule has 0 spiro atoms. The van der Waals surface area contributed by atoms with Gasteiger partial charge in [-0.15, -0.1) is 0 Å². The van der Waals surface area contributed by atoms with Crippen molar-refractivity contribution in [1.82, 2.24) is 0 Å². The van der Waals surface area contributed by atoms with Crippen LogP contribution in [0.25, 0.3) is 0 Å². The molecule has 0 amide bonds. The zero-order valence-corrected chi connectivity index (χ0v) is 35.7. The van der Waals surface area contributed by atoms with Gasteiger partial charge in [-0.25, -0.2) is 0 Å². The van der Waals surface area contributed by atoms with Crippen LogP contribution in [0.4, 0.5) is 0 Å². The molecule has 10 heteroatoms. The summed E-state index contributed by atoms with van der Waals surface area (Å²) in [7, 11) is 2.60. The van der Waals surface area contributed by atoms with Gasteiger partial charge in [-0.05, 0) is 53.6 Å². The summed E-state index contributed by atoms with van der Waals surface area (Å²) in [5, 5.41) is 0. The molecule has 0 N–H and O–H groups in total. The first-order chi connectivity index (χ1) is 30.2. The van der Waals surface area contributed by atoms with Crippen molar-refractivity contribution in [2.45, 2.75) is 87.9 Å². The summed E-state index contributed by atoms with van der Waals surface area (Å²) < 4.78 is 36.6. The van der Waals surface area contributed by atoms with Crippen molar-refractivity contribution >= 4 is 17.9 Å². The van der Waals surface area contributed by atoms with Gasteiger partial charge in [0, 0.05) is 17.8 Å². The number of ether oxygens (including phenoxy) is 7. The minimum Gasteiger partial charge on any atom is -0.469 e. The van der Waals surface area contributed by atoms with Gasteiger partial charge in [0.15, 0.2) is 0 Å². The van der Waals surface area contributed by atoms with Gasteiger partial charge in [-0.3, -0.25) is 14.4 Å². The second kappa shape index (κ2) is 17.8. The first-order valence-corrected chi connectivity index (χ1v) is 21.8. The number of carbonyl (C=O) groups is 3. The highest BCUT2D eigenvalue weighted by atomic mass is 16.6. The van der Waals surface area contributed by atoms with Crippen molar-refractivity contribution in [3.63, 3.8) is 0 Å². The number of benzene rings is 3. The van der Waals surface area contributed by atoms with Gasteiger partial charge in [0.2, 0.25) is 0 Å². The third-order valence-electron chi connectivity index (χ3n) is 13.5. The lowest BCUT2D eigenvalue weighted by atomic mass is 9.83. The largest absolute Gasteiger partial charge is 0.469 e. The Morgan fingerprint density at radius 2 is 0.952 bits per heavy atom. The number of fused-ring (bicyclic) bond motifs is 19. The Labute approximate surface area is 363 Å². The van der Waals surface area contributed by atoms with Crippen molar-refractivity contribution < 1.29 is 47.5 Å². The van der Waals surface area contributed by atoms with Gasteiger partial charge in [-0.2, -0.15) is 0 Å². The molecule has 0 radical (unpaired) electrons. The van der Waals surface area contributed by atoms with Crippen LogP contribution in [-0.2, 0) is 47.5 Å². The van der Waals surface area contributed by atoms with Gasteiger partial charge in [0.25, 0.3) is 0 Å². The quantitative estimate of drug-likeness (QED) is 0.143. The summed E-state index contributed by atoms with van der Waals surface area (Å²) in [6.45, 7) is 6.43. The zero-order valence-electron chi connectivity index (χ0n) is 35.7. The Balaban J connectivity index is 0.0000000991. The van der Waals surface area contributed by atoms with E-state index in [9.17, 15) is 14.4 Å². The number of hydrogen-bond donors (Lipinski definition) is 0. The van der Waals surface area contributed by atoms with E-state index in [0.717, 1.165) is 11.8 Å². The number of hydrogen-bond acceptors (Lipinski definition) is 10. The van der Waals surface area contributed by atoms with E-state index in [-0.39, 0.29) is 66.6 Å². The fourth-order valence-corrected chi connectivity index (χ4v) is 10.4. The van der Waals surface area contributed by atoms with Crippen molar-refractivity contribution in [3.05, 3.63) is 166 Å². The SMILES string of the molecule is C1=CC2CC1c1ccccc12.C1=CC2OC1c1ccccc12.CCOC(=O)C1C2C=CC(O2)C1C.COC(=O)C1C2C=CC(O2)C1C(=O)OC.Cc1ccc2c(c1)C1C=CC2O1. The van der Waals surface area contributed by atoms with Crippen LogP contribution in [0.3, 0.4) is 0 Å². The Bertz CT molecular complexity index is 2180. The molecule has 10 aliphatic rings. The van der Waals surface area contributed by atoms with Gasteiger partial charge in [-0.1, -0.05) is 140 Å². The highest BCUT2D eigenvalue weighted by Gasteiger charge is 2.54. The third kappa shape index (κ3) is 7.83. The van der Waals surface area contributed by atoms with Gasteiger partial charge < -0.3 is 33.2 Å². The molecule has 10 nitrogen and oxygen atoms in total. The molecular formula is C52H54O10. The highest BCUT2D eigenvalue weighted by Crippen LogP contribution is 2.49. The average Bonchev–Trinajstić information content (AvgIpc) is 4.16. The maximum absolute atomic E-state index is 11.5. The fourth-order valence-electron chi connectivity index (χ4n) is 10.4. The molecule has 322 valence electrons. The Morgan fingerprint density at radius 1 is 0.516 bits per heavy atom. The van der Waals surface area contributed by atoms with Crippen LogP contribution in [0.1, 0.15) is 95.5 Å². The van der Waals surface area contributed by atoms with Crippen LogP contribution >= 0.6 is 0 Å². The summed E-state index contributed by atoms with van der Waals surface area (Å²) in [5.74, 6) is -0.456. The minimum atomic E-state index is -0.572. The molecule has 2 aliphatic carbocycles. The van der Waals surface area contributed by atoms with Crippen LogP contribution in [-0.4, -0.2) is 63.2 Å². The summed E-state index contributed by atoms with van der Waals surface area (Å²) in [5.41, 5.74) is 9.87. The predicted molar refractivity (Wildman–Crippen MR) is 231 cm³/mol. The molecule has 62 heavy (non-hydrogen) atoms. The number of esters is 3. The average molecular weight is 839 g/mol. The molecule has 14 unspecified atom stereocenters. The van der Waals surface area contributed by atoms with E-state index < -0.39 is 23.8 Å². The van der Waals surface area contributed by atoms with Crippen molar-refractivity contribution in [1.29, 1.82) is 0 Å². The maximum Gasteiger partial charge on any atom is 0.312 e. The lowest BCUT2D eigenvalue weighted by Gasteiger charge is -2.20. The van der Waals surface area contributed by atoms with Crippen LogP contribution in [0, 0.1) is 30.6 Å². The Morgan fingerprint density at radius 3 is 1.42 bits per heavy atom. The Kier molecular flexibility index (Phi) is 12.0. The molecule has 10 bridgehead atoms. The molecule has 3 aromatic rings. The molecule has 0 saturated carbocycles. The van der Waals surface area contributed by atoms with Gasteiger partial charge in [0.1, 0.15) is 36.3 Å². The second-order valence-corrected chi connectivity index (χ2v) is 17.1. The van der Waals surface area contributed by atoms with Gasteiger partial charge in [0.05, 0.1) is 51.2 Å². The molecule has 3 aromatic carbocycles. The molecule has 13 rings (SSSR count). The van der Waals surface area contributed by atoms with E-state index in [2.05, 4.69) is 120 Å². The highest BCUT2D eigenvalue weighted by molar-refractivity contribution is 5.85. The third-order valence-corrected chi connectivity index (χ3v) is 13.5. The first-order valence-electron chi connectivity index (χ1n) is 21.8. The maximum atomic E-state index is 11.5. The monoisotopic (exact) mass is 838 g/mol. The van der Waals surface area contributed by atoms with E-state index in [0.29, 0.717) is 6.61 Å². The van der Waals surface area contributed by atoms with E-state index in [1.165, 1.54) is 48.5 Å². The normalized spacial score (nSPS) is 34.1. The molecule has 8 heterocycles. The zero-order chi connectivity index (χ0) is 43.1. The number of carbonyl (C=O) groups excluding carboxylic acids is 3. The van der Waals surface area contributed by atoms with E-state index in [4.69, 9.17) is 23.7 Å². The van der Waals surface area contributed by atoms with Crippen molar-refractivity contribution in [2.24, 2.45) is 23.7 Å². The number of aryl methyl sites for hydroxylation is 1. The molecule has 0 aromatic heterocycles. The lowest BCUT2D eigenvalue weighted by molar-refractivity contribution is -0.156. The molecule has 8 aliphatic heterocycles. The smallest absolute Gasteiger partial charge is 0.312 e. The molecule has 2 saturated heterocycles. The van der Waals surface area contributed by atoms with Crippen molar-refractivity contribution in [2.75, 3.05) is 20.8 Å². The lowest BCUT2D eigenvalue weighted by Crippen LogP contribution is -2.37. The Hall–Kier alpha value is -5.39. The topological polar surface area (TPSA) is 116 Å². The second-order valence-electron chi connectivity index (χ2n) is 17.1. The van der Waals surface area contributed by atoms with Gasteiger partial charge >= 0.3 is 17.9 Å². The van der Waals surface area contributed by atoms with Crippen LogP contribution < -0.4 is 0 Å². The number of allylic oxidation sites excluding steroid dienone is 2. The summed E-state index contributed by atoms with van der Waals surface area (Å²) in [6.07, 6.45) is 22.5. The van der Waals surface area contributed by atoms with Crippen molar-refractivity contribution in [3.8, 4) is 0 Å². The summed E-state index contributed by atoms with van der Waals surface area (Å²) >= 11 is 0. The predicted octanol–water partition coefficient (Wildman–Crippen LogP) is 8.91. The fraction of sp³-hybridized carbons (Fsp3) is 0.404. The number of rotatable bonds is 4. The standard InChI is InChI=1S/C11H10O.C11H10.C10H12O5.C10H14O3.C10H8O/c1-7-2-3-8-9(6-7)11-5-4-10(8)12-11;1-2-4-11-9-6-5-8(7-9)10(11)3-1;1-13-9(11)7-5-3-4-6(15-5)8(7)10(12)14-2;1-3-12-10(11)9-6(2)7-4-5-8(9)13-7;1-2-4-8-7(3-1)9-5-6-10(8)11-9/h2-6,10-11H,1H3;1-6,8-9H,7H2;3-8H,1-2H3;4-9H,3H2,1-2H3;1-6,9-10H. The van der Waals surface area contributed by atoms with E-state index in [1.807, 2.05) is 26.0 Å². The molecule has 14 atom stereocenters. The van der Waals surface area contributed by atoms with E-state index in [1.54, 1.807) is 23.3 Å². The molecule has 2 fully saturated rings. The van der Waals surface area contributed by atoms with Crippen LogP contribution in [0.5, 0.6) is 0 Å². The summed E-state index contributed by atoms with van der Waals surface area (Å²) in [4.78, 5) is 34.5. The molecular weight excluding hydrogens is 785 g/mol. The minimum absolute atomic E-state index is 0.0425. The first kappa shape index (κ1) is 41.9. The number of methoxy groups -OCH3 is 2. The van der Waals surface area contributed by atoms with Crippen LogP contribution in [0.2, 0.25) is 0 Å². The summed E-state index contributed by atoms with van der Waals surface area (Å²) in [6, 6.07) is 23.8. The van der Waals surface area contributed by atoms with E-state index >= 15 is 0 Å². The van der Waals surface area contributed by atoms with Crippen LogP contribution in [0.15, 0.2) is 127 Å².